The Morgan fingerprint density at radius 1 is 1.27 bits per heavy atom. The van der Waals surface area contributed by atoms with Gasteiger partial charge in [-0.1, -0.05) is 28.1 Å². The molecule has 0 aliphatic carbocycles. The van der Waals surface area contributed by atoms with Gasteiger partial charge in [-0.15, -0.1) is 0 Å². The molecule has 1 saturated heterocycles. The largest absolute Gasteiger partial charge is 0.370 e. The molecule has 1 atom stereocenters. The summed E-state index contributed by atoms with van der Waals surface area (Å²) >= 11 is 3.35. The molecule has 1 aromatic rings. The summed E-state index contributed by atoms with van der Waals surface area (Å²) in [6, 6.07) is 7.45. The predicted molar refractivity (Wildman–Crippen MR) is 62.1 cm³/mol. The molecule has 1 fully saturated rings. The SMILES string of the molecule is O=C(c1ccc(Br)cc1)C1CCCCO1. The molecule has 0 radical (unpaired) electrons. The number of ketones is 1. The Labute approximate surface area is 97.8 Å². The van der Waals surface area contributed by atoms with Gasteiger partial charge in [0, 0.05) is 16.6 Å². The van der Waals surface area contributed by atoms with E-state index in [9.17, 15) is 4.79 Å². The minimum atomic E-state index is -0.222. The van der Waals surface area contributed by atoms with Gasteiger partial charge < -0.3 is 4.74 Å². The quantitative estimate of drug-likeness (QED) is 0.771. The van der Waals surface area contributed by atoms with Crippen molar-refractivity contribution in [2.45, 2.75) is 25.4 Å². The van der Waals surface area contributed by atoms with E-state index in [0.29, 0.717) is 6.61 Å². The van der Waals surface area contributed by atoms with Crippen LogP contribution in [0.15, 0.2) is 28.7 Å². The number of carbonyl (C=O) groups excluding carboxylic acids is 1. The zero-order valence-electron chi connectivity index (χ0n) is 8.41. The first-order valence-electron chi connectivity index (χ1n) is 5.19. The van der Waals surface area contributed by atoms with Crippen LogP contribution in [0.4, 0.5) is 0 Å². The highest BCUT2D eigenvalue weighted by molar-refractivity contribution is 9.10. The maximum Gasteiger partial charge on any atom is 0.191 e. The zero-order chi connectivity index (χ0) is 10.7. The Hall–Kier alpha value is -0.670. The Bertz CT molecular complexity index is 339. The van der Waals surface area contributed by atoms with Crippen molar-refractivity contribution in [3.05, 3.63) is 34.3 Å². The van der Waals surface area contributed by atoms with E-state index in [-0.39, 0.29) is 11.9 Å². The molecule has 15 heavy (non-hydrogen) atoms. The summed E-state index contributed by atoms with van der Waals surface area (Å²) in [6.07, 6.45) is 2.80. The first kappa shape index (κ1) is 10.8. The molecule has 80 valence electrons. The molecule has 1 unspecified atom stereocenters. The highest BCUT2D eigenvalue weighted by Gasteiger charge is 2.22. The normalized spacial score (nSPS) is 21.3. The van der Waals surface area contributed by atoms with Gasteiger partial charge in [0.25, 0.3) is 0 Å². The average molecular weight is 269 g/mol. The molecule has 1 aliphatic heterocycles. The lowest BCUT2D eigenvalue weighted by Crippen LogP contribution is -2.28. The summed E-state index contributed by atoms with van der Waals surface area (Å²) in [5.41, 5.74) is 0.741. The van der Waals surface area contributed by atoms with Crippen molar-refractivity contribution in [2.75, 3.05) is 6.61 Å². The van der Waals surface area contributed by atoms with Crippen LogP contribution in [0.25, 0.3) is 0 Å². The lowest BCUT2D eigenvalue weighted by Gasteiger charge is -2.21. The zero-order valence-corrected chi connectivity index (χ0v) is 10.00. The second-order valence-corrected chi connectivity index (χ2v) is 4.64. The number of halogens is 1. The summed E-state index contributed by atoms with van der Waals surface area (Å²) < 4.78 is 6.45. The highest BCUT2D eigenvalue weighted by Crippen LogP contribution is 2.18. The third-order valence-corrected chi connectivity index (χ3v) is 3.13. The summed E-state index contributed by atoms with van der Waals surface area (Å²) in [4.78, 5) is 12.0. The van der Waals surface area contributed by atoms with Crippen molar-refractivity contribution in [1.29, 1.82) is 0 Å². The van der Waals surface area contributed by atoms with Crippen molar-refractivity contribution >= 4 is 21.7 Å². The van der Waals surface area contributed by atoms with Crippen LogP contribution in [-0.2, 0) is 4.74 Å². The maximum absolute atomic E-state index is 12.0. The molecule has 2 nitrogen and oxygen atoms in total. The molecular weight excluding hydrogens is 256 g/mol. The van der Waals surface area contributed by atoms with Gasteiger partial charge >= 0.3 is 0 Å². The van der Waals surface area contributed by atoms with Gasteiger partial charge in [-0.3, -0.25) is 4.79 Å². The van der Waals surface area contributed by atoms with E-state index in [1.807, 2.05) is 24.3 Å². The monoisotopic (exact) mass is 268 g/mol. The van der Waals surface area contributed by atoms with Crippen LogP contribution in [0.3, 0.4) is 0 Å². The van der Waals surface area contributed by atoms with Crippen LogP contribution in [0, 0.1) is 0 Å². The van der Waals surface area contributed by atoms with Crippen molar-refractivity contribution < 1.29 is 9.53 Å². The Balaban J connectivity index is 2.09. The van der Waals surface area contributed by atoms with Crippen LogP contribution >= 0.6 is 15.9 Å². The molecular formula is C12H13BrO2. The molecule has 2 rings (SSSR count). The van der Waals surface area contributed by atoms with E-state index in [1.165, 1.54) is 0 Å². The molecule has 0 amide bonds. The molecule has 0 bridgehead atoms. The molecule has 0 saturated carbocycles. The molecule has 0 spiro atoms. The van der Waals surface area contributed by atoms with E-state index < -0.39 is 0 Å². The number of benzene rings is 1. The fourth-order valence-electron chi connectivity index (χ4n) is 1.75. The van der Waals surface area contributed by atoms with Crippen LogP contribution in [0.1, 0.15) is 29.6 Å². The summed E-state index contributed by atoms with van der Waals surface area (Å²) in [7, 11) is 0. The first-order chi connectivity index (χ1) is 7.27. The first-order valence-corrected chi connectivity index (χ1v) is 5.98. The molecule has 0 aromatic heterocycles. The van der Waals surface area contributed by atoms with Gasteiger partial charge in [-0.05, 0) is 31.4 Å². The lowest BCUT2D eigenvalue weighted by molar-refractivity contribution is 0.0186. The van der Waals surface area contributed by atoms with Crippen molar-refractivity contribution in [3.63, 3.8) is 0 Å². The number of ether oxygens (including phenoxy) is 1. The molecule has 1 aromatic carbocycles. The van der Waals surface area contributed by atoms with E-state index in [4.69, 9.17) is 4.74 Å². The summed E-state index contributed by atoms with van der Waals surface area (Å²) in [5.74, 6) is 0.113. The van der Waals surface area contributed by atoms with Crippen molar-refractivity contribution in [1.82, 2.24) is 0 Å². The minimum absolute atomic E-state index is 0.113. The number of rotatable bonds is 2. The second kappa shape index (κ2) is 4.90. The van der Waals surface area contributed by atoms with Crippen LogP contribution < -0.4 is 0 Å². The average Bonchev–Trinajstić information content (AvgIpc) is 2.30. The second-order valence-electron chi connectivity index (χ2n) is 3.73. The van der Waals surface area contributed by atoms with Crippen LogP contribution in [0.5, 0.6) is 0 Å². The third kappa shape index (κ3) is 2.67. The van der Waals surface area contributed by atoms with E-state index in [2.05, 4.69) is 15.9 Å². The maximum atomic E-state index is 12.0. The number of Topliss-reactive ketones (excluding diaryl/α,β-unsaturated/α-hetero) is 1. The van der Waals surface area contributed by atoms with Gasteiger partial charge in [0.2, 0.25) is 0 Å². The van der Waals surface area contributed by atoms with Crippen LogP contribution in [0.2, 0.25) is 0 Å². The Morgan fingerprint density at radius 2 is 2.00 bits per heavy atom. The smallest absolute Gasteiger partial charge is 0.191 e. The number of hydrogen-bond donors (Lipinski definition) is 0. The Morgan fingerprint density at radius 3 is 2.60 bits per heavy atom. The predicted octanol–water partition coefficient (Wildman–Crippen LogP) is 3.20. The standard InChI is InChI=1S/C12H13BrO2/c13-10-6-4-9(5-7-10)12(14)11-3-1-2-8-15-11/h4-7,11H,1-3,8H2. The van der Waals surface area contributed by atoms with Gasteiger partial charge in [0.05, 0.1) is 0 Å². The lowest BCUT2D eigenvalue weighted by atomic mass is 10.00. The molecule has 0 N–H and O–H groups in total. The van der Waals surface area contributed by atoms with Gasteiger partial charge in [0.1, 0.15) is 6.10 Å². The van der Waals surface area contributed by atoms with Crippen molar-refractivity contribution in [2.24, 2.45) is 0 Å². The van der Waals surface area contributed by atoms with E-state index in [0.717, 1.165) is 29.3 Å². The van der Waals surface area contributed by atoms with Gasteiger partial charge in [-0.25, -0.2) is 0 Å². The van der Waals surface area contributed by atoms with E-state index in [1.54, 1.807) is 0 Å². The molecule has 3 heteroatoms. The Kier molecular flexibility index (Phi) is 3.54. The van der Waals surface area contributed by atoms with Crippen LogP contribution in [-0.4, -0.2) is 18.5 Å². The molecule has 1 aliphatic rings. The summed E-state index contributed by atoms with van der Waals surface area (Å²) in [6.45, 7) is 0.715. The van der Waals surface area contributed by atoms with Crippen molar-refractivity contribution in [3.8, 4) is 0 Å². The number of carbonyl (C=O) groups is 1. The number of hydrogen-bond acceptors (Lipinski definition) is 2. The molecule has 1 heterocycles. The summed E-state index contributed by atoms with van der Waals surface area (Å²) in [5, 5.41) is 0. The minimum Gasteiger partial charge on any atom is -0.370 e. The van der Waals surface area contributed by atoms with Gasteiger partial charge in [-0.2, -0.15) is 0 Å². The van der Waals surface area contributed by atoms with Gasteiger partial charge in [0.15, 0.2) is 5.78 Å². The van der Waals surface area contributed by atoms with E-state index >= 15 is 0 Å². The third-order valence-electron chi connectivity index (χ3n) is 2.60. The fraction of sp³-hybridized carbons (Fsp3) is 0.417. The fourth-order valence-corrected chi connectivity index (χ4v) is 2.01. The highest BCUT2D eigenvalue weighted by atomic mass is 79.9. The topological polar surface area (TPSA) is 26.3 Å².